The van der Waals surface area contributed by atoms with Gasteiger partial charge in [-0.15, -0.1) is 0 Å². The molecule has 1 atom stereocenters. The Morgan fingerprint density at radius 1 is 0.586 bits per heavy atom. The molecule has 0 bridgehead atoms. The van der Waals surface area contributed by atoms with Crippen LogP contribution in [-0.4, -0.2) is 6.54 Å². The van der Waals surface area contributed by atoms with E-state index in [1.807, 2.05) is 0 Å². The van der Waals surface area contributed by atoms with Gasteiger partial charge in [0.2, 0.25) is 0 Å². The summed E-state index contributed by atoms with van der Waals surface area (Å²) in [6, 6.07) is 41.0. The molecule has 1 heterocycles. The van der Waals surface area contributed by atoms with E-state index >= 15 is 0 Å². The predicted molar refractivity (Wildman–Crippen MR) is 122 cm³/mol. The molecular weight excluding hydrogens is 352 g/mol. The molecule has 0 radical (unpaired) electrons. The van der Waals surface area contributed by atoms with Crippen molar-refractivity contribution in [1.82, 2.24) is 0 Å². The first kappa shape index (κ1) is 17.6. The van der Waals surface area contributed by atoms with Gasteiger partial charge >= 0.3 is 0 Å². The van der Waals surface area contributed by atoms with Gasteiger partial charge in [0.15, 0.2) is 0 Å². The summed E-state index contributed by atoms with van der Waals surface area (Å²) in [5, 5.41) is 4.76. The third-order valence-electron chi connectivity index (χ3n) is 5.90. The third kappa shape index (κ3) is 2.98. The van der Waals surface area contributed by atoms with Gasteiger partial charge in [-0.2, -0.15) is 0 Å². The summed E-state index contributed by atoms with van der Waals surface area (Å²) in [5.41, 5.74) is 6.13. The number of rotatable bonds is 3. The lowest BCUT2D eigenvalue weighted by Crippen LogP contribution is -2.53. The van der Waals surface area contributed by atoms with Crippen LogP contribution in [0.1, 0.15) is 18.1 Å². The minimum absolute atomic E-state index is 0.126. The van der Waals surface area contributed by atoms with Crippen molar-refractivity contribution in [2.75, 3.05) is 16.6 Å². The molecule has 142 valence electrons. The largest absolute Gasteiger partial charge is 0.280 e. The zero-order valence-corrected chi connectivity index (χ0v) is 16.6. The van der Waals surface area contributed by atoms with Crippen LogP contribution < -0.4 is 10.0 Å². The van der Waals surface area contributed by atoms with Gasteiger partial charge in [0.1, 0.15) is 0 Å². The molecule has 5 rings (SSSR count). The second-order valence-corrected chi connectivity index (χ2v) is 7.76. The van der Waals surface area contributed by atoms with Gasteiger partial charge in [-0.25, -0.2) is 0 Å². The van der Waals surface area contributed by atoms with Crippen molar-refractivity contribution >= 4 is 17.1 Å². The summed E-state index contributed by atoms with van der Waals surface area (Å²) in [6.07, 6.45) is 0. The Hall–Kier alpha value is -3.52. The predicted octanol–water partition coefficient (Wildman–Crippen LogP) is 6.57. The Morgan fingerprint density at radius 3 is 1.76 bits per heavy atom. The first-order valence-corrected chi connectivity index (χ1v) is 10.1. The molecule has 2 nitrogen and oxygen atoms in total. The van der Waals surface area contributed by atoms with E-state index in [9.17, 15) is 0 Å². The molecule has 0 aliphatic carbocycles. The first-order chi connectivity index (χ1) is 14.3. The van der Waals surface area contributed by atoms with Crippen molar-refractivity contribution in [2.24, 2.45) is 0 Å². The molecule has 0 N–H and O–H groups in total. The van der Waals surface area contributed by atoms with E-state index in [4.69, 9.17) is 0 Å². The van der Waals surface area contributed by atoms with Crippen LogP contribution in [-0.2, 0) is 5.41 Å². The Labute approximate surface area is 172 Å². The molecule has 2 heteroatoms. The van der Waals surface area contributed by atoms with Crippen molar-refractivity contribution in [1.29, 1.82) is 0 Å². The Balaban J connectivity index is 1.76. The van der Waals surface area contributed by atoms with Gasteiger partial charge in [0.05, 0.1) is 23.6 Å². The van der Waals surface area contributed by atoms with E-state index < -0.39 is 0 Å². The summed E-state index contributed by atoms with van der Waals surface area (Å²) in [7, 11) is 0. The summed E-state index contributed by atoms with van der Waals surface area (Å²) < 4.78 is 0. The maximum Gasteiger partial charge on any atom is 0.0674 e. The number of hydrogen-bond acceptors (Lipinski definition) is 2. The smallest absolute Gasteiger partial charge is 0.0674 e. The van der Waals surface area contributed by atoms with E-state index in [2.05, 4.69) is 132 Å². The Morgan fingerprint density at radius 2 is 1.10 bits per heavy atom. The Kier molecular flexibility index (Phi) is 4.33. The average Bonchev–Trinajstić information content (AvgIpc) is 2.81. The van der Waals surface area contributed by atoms with E-state index in [0.29, 0.717) is 0 Å². The minimum atomic E-state index is -0.126. The van der Waals surface area contributed by atoms with Gasteiger partial charge < -0.3 is 0 Å². The normalized spacial score (nSPS) is 18.4. The maximum atomic E-state index is 2.41. The highest BCUT2D eigenvalue weighted by molar-refractivity contribution is 5.77. The zero-order valence-electron chi connectivity index (χ0n) is 16.6. The second kappa shape index (κ2) is 7.14. The van der Waals surface area contributed by atoms with Crippen molar-refractivity contribution < 1.29 is 0 Å². The molecule has 29 heavy (non-hydrogen) atoms. The van der Waals surface area contributed by atoms with Crippen molar-refractivity contribution in [3.63, 3.8) is 0 Å². The van der Waals surface area contributed by atoms with Crippen LogP contribution in [0.5, 0.6) is 0 Å². The van der Waals surface area contributed by atoms with Crippen molar-refractivity contribution in [2.45, 2.75) is 12.3 Å². The fourth-order valence-electron chi connectivity index (χ4n) is 4.42. The lowest BCUT2D eigenvalue weighted by atomic mass is 9.74. The number of hydrogen-bond donors (Lipinski definition) is 0. The summed E-state index contributed by atoms with van der Waals surface area (Å²) in [5.74, 6) is 0. The van der Waals surface area contributed by atoms with Crippen LogP contribution in [0, 0.1) is 0 Å². The first-order valence-electron chi connectivity index (χ1n) is 10.1. The number of benzene rings is 4. The lowest BCUT2D eigenvalue weighted by molar-refractivity contribution is 0.526. The van der Waals surface area contributed by atoms with Crippen LogP contribution in [0.2, 0.25) is 0 Å². The highest BCUT2D eigenvalue weighted by Crippen LogP contribution is 2.46. The molecule has 1 aliphatic rings. The van der Waals surface area contributed by atoms with Crippen LogP contribution in [0.15, 0.2) is 115 Å². The van der Waals surface area contributed by atoms with Gasteiger partial charge in [-0.05, 0) is 48.4 Å². The van der Waals surface area contributed by atoms with Crippen LogP contribution in [0.3, 0.4) is 0 Å². The summed E-state index contributed by atoms with van der Waals surface area (Å²) in [6.45, 7) is 3.21. The number of anilines is 3. The number of hydrazine groups is 1. The molecule has 0 spiro atoms. The van der Waals surface area contributed by atoms with Gasteiger partial charge in [-0.3, -0.25) is 10.0 Å². The molecular formula is C27H24N2. The fourth-order valence-corrected chi connectivity index (χ4v) is 4.42. The van der Waals surface area contributed by atoms with E-state index in [0.717, 1.165) is 6.54 Å². The van der Waals surface area contributed by atoms with Crippen molar-refractivity contribution in [3.05, 3.63) is 126 Å². The standard InChI is InChI=1S/C27H24N2/c1-27(22-13-5-2-6-14-22)21-28(23-15-7-3-8-16-23)29(24-17-9-4-10-18-24)26-20-12-11-19-25(26)27/h2-20H,21H2,1H3. The molecule has 0 saturated carbocycles. The van der Waals surface area contributed by atoms with E-state index in [1.165, 1.54) is 28.2 Å². The van der Waals surface area contributed by atoms with E-state index in [-0.39, 0.29) is 5.41 Å². The average molecular weight is 377 g/mol. The van der Waals surface area contributed by atoms with Gasteiger partial charge in [-0.1, -0.05) is 84.9 Å². The number of nitrogens with zero attached hydrogens (tertiary/aromatic N) is 2. The van der Waals surface area contributed by atoms with Gasteiger partial charge in [0.25, 0.3) is 0 Å². The van der Waals surface area contributed by atoms with Gasteiger partial charge in [0, 0.05) is 5.41 Å². The summed E-state index contributed by atoms with van der Waals surface area (Å²) in [4.78, 5) is 0. The number of para-hydroxylation sites is 3. The third-order valence-corrected chi connectivity index (χ3v) is 5.90. The summed E-state index contributed by atoms with van der Waals surface area (Å²) >= 11 is 0. The van der Waals surface area contributed by atoms with Crippen molar-refractivity contribution in [3.8, 4) is 0 Å². The molecule has 0 fully saturated rings. The molecule has 0 saturated heterocycles. The highest BCUT2D eigenvalue weighted by Gasteiger charge is 2.41. The molecule has 1 unspecified atom stereocenters. The SMILES string of the molecule is CC1(c2ccccc2)CN(c2ccccc2)N(c2ccccc2)c2ccccc21. The van der Waals surface area contributed by atoms with Crippen LogP contribution in [0.25, 0.3) is 0 Å². The maximum absolute atomic E-state index is 2.41. The quantitative estimate of drug-likeness (QED) is 0.399. The zero-order chi connectivity index (χ0) is 19.7. The molecule has 4 aromatic carbocycles. The molecule has 0 amide bonds. The monoisotopic (exact) mass is 376 g/mol. The Bertz CT molecular complexity index is 1090. The molecule has 0 aromatic heterocycles. The topological polar surface area (TPSA) is 6.48 Å². The van der Waals surface area contributed by atoms with E-state index in [1.54, 1.807) is 0 Å². The second-order valence-electron chi connectivity index (χ2n) is 7.76. The highest BCUT2D eigenvalue weighted by atomic mass is 15.6. The van der Waals surface area contributed by atoms with Crippen LogP contribution in [0.4, 0.5) is 17.1 Å². The molecule has 4 aromatic rings. The fraction of sp³-hybridized carbons (Fsp3) is 0.111. The number of fused-ring (bicyclic) bond motifs is 1. The minimum Gasteiger partial charge on any atom is -0.280 e. The molecule has 1 aliphatic heterocycles. The van der Waals surface area contributed by atoms with Crippen LogP contribution >= 0.6 is 0 Å². The lowest BCUT2D eigenvalue weighted by Gasteiger charge is -2.50.